The zero-order valence-corrected chi connectivity index (χ0v) is 15.1. The molecule has 1 atom stereocenters. The predicted octanol–water partition coefficient (Wildman–Crippen LogP) is 4.97. The van der Waals surface area contributed by atoms with Crippen LogP contribution in [0.1, 0.15) is 58.3 Å². The summed E-state index contributed by atoms with van der Waals surface area (Å²) in [4.78, 5) is 10.3. The molecule has 0 bridgehead atoms. The van der Waals surface area contributed by atoms with Crippen LogP contribution in [-0.4, -0.2) is 33.8 Å². The molecular weight excluding hydrogens is 308 g/mol. The Balaban J connectivity index is 3.43. The van der Waals surface area contributed by atoms with Crippen LogP contribution in [-0.2, 0) is 4.79 Å². The van der Waals surface area contributed by atoms with Crippen molar-refractivity contribution in [1.82, 2.24) is 0 Å². The number of unbranched alkanes of at least 4 members (excludes halogenated alkanes) is 3. The lowest BCUT2D eigenvalue weighted by molar-refractivity contribution is -0.137. The summed E-state index contributed by atoms with van der Waals surface area (Å²) in [5.41, 5.74) is 0. The van der Waals surface area contributed by atoms with Gasteiger partial charge in [0.15, 0.2) is 0 Å². The number of carboxylic acids is 1. The standard InChI is InChI=1S/C19H32O3S/c1-2-3-8-13-18(20)14-9-7-12-17-23-16-11-6-4-5-10-15-19(21)22/h4,6-7,9,12,14,18,20H,2-3,5,8,10-11,13,15-17H2,1H3,(H,21,22). The third-order valence-electron chi connectivity index (χ3n) is 3.25. The van der Waals surface area contributed by atoms with E-state index in [9.17, 15) is 9.90 Å². The predicted molar refractivity (Wildman–Crippen MR) is 101 cm³/mol. The molecule has 0 amide bonds. The van der Waals surface area contributed by atoms with Crippen molar-refractivity contribution in [2.24, 2.45) is 0 Å². The maximum absolute atomic E-state index is 10.3. The van der Waals surface area contributed by atoms with Gasteiger partial charge in [-0.05, 0) is 31.4 Å². The van der Waals surface area contributed by atoms with Gasteiger partial charge >= 0.3 is 5.97 Å². The van der Waals surface area contributed by atoms with Gasteiger partial charge in [-0.15, -0.1) is 0 Å². The van der Waals surface area contributed by atoms with Crippen molar-refractivity contribution in [2.75, 3.05) is 11.5 Å². The molecule has 0 aromatic carbocycles. The first-order valence-corrected chi connectivity index (χ1v) is 9.78. The number of hydrogen-bond acceptors (Lipinski definition) is 3. The van der Waals surface area contributed by atoms with Crippen LogP contribution in [0.3, 0.4) is 0 Å². The Labute approximate surface area is 145 Å². The van der Waals surface area contributed by atoms with Crippen LogP contribution in [0.5, 0.6) is 0 Å². The number of carbonyl (C=O) groups is 1. The number of carboxylic acid groups (broad SMARTS) is 1. The Bertz CT molecular complexity index is 362. The van der Waals surface area contributed by atoms with E-state index in [-0.39, 0.29) is 12.5 Å². The molecule has 0 rings (SSSR count). The van der Waals surface area contributed by atoms with Gasteiger partial charge in [0.25, 0.3) is 0 Å². The summed E-state index contributed by atoms with van der Waals surface area (Å²) in [6.45, 7) is 2.16. The minimum Gasteiger partial charge on any atom is -0.481 e. The maximum Gasteiger partial charge on any atom is 0.303 e. The number of rotatable bonds is 15. The third-order valence-corrected chi connectivity index (χ3v) is 4.21. The van der Waals surface area contributed by atoms with Crippen LogP contribution in [0.15, 0.2) is 36.5 Å². The fourth-order valence-electron chi connectivity index (χ4n) is 1.94. The molecule has 0 aliphatic heterocycles. The molecule has 0 aliphatic carbocycles. The number of allylic oxidation sites excluding steroid dienone is 4. The van der Waals surface area contributed by atoms with Gasteiger partial charge in [0, 0.05) is 12.2 Å². The Hall–Kier alpha value is -1.00. The molecule has 132 valence electrons. The van der Waals surface area contributed by atoms with Crippen LogP contribution in [0.4, 0.5) is 0 Å². The van der Waals surface area contributed by atoms with Gasteiger partial charge in [-0.1, -0.05) is 62.6 Å². The van der Waals surface area contributed by atoms with E-state index in [1.165, 1.54) is 12.8 Å². The van der Waals surface area contributed by atoms with Gasteiger partial charge in [0.05, 0.1) is 6.10 Å². The Morgan fingerprint density at radius 3 is 2.61 bits per heavy atom. The quantitative estimate of drug-likeness (QED) is 0.251. The molecule has 1 unspecified atom stereocenters. The molecule has 3 nitrogen and oxygen atoms in total. The number of aliphatic hydroxyl groups is 1. The number of aliphatic hydroxyl groups excluding tert-OH is 1. The Kier molecular flexibility index (Phi) is 16.6. The summed E-state index contributed by atoms with van der Waals surface area (Å²) in [5, 5.41) is 18.2. The lowest BCUT2D eigenvalue weighted by Crippen LogP contribution is -2.00. The molecule has 2 N–H and O–H groups in total. The second-order valence-electron chi connectivity index (χ2n) is 5.50. The van der Waals surface area contributed by atoms with E-state index in [0.717, 1.165) is 43.6 Å². The van der Waals surface area contributed by atoms with Crippen LogP contribution in [0, 0.1) is 0 Å². The molecule has 4 heteroatoms. The van der Waals surface area contributed by atoms with E-state index in [1.54, 1.807) is 0 Å². The molecule has 0 fully saturated rings. The molecule has 0 saturated carbocycles. The highest BCUT2D eigenvalue weighted by atomic mass is 32.2. The van der Waals surface area contributed by atoms with Crippen molar-refractivity contribution in [3.8, 4) is 0 Å². The van der Waals surface area contributed by atoms with Crippen LogP contribution < -0.4 is 0 Å². The molecule has 0 spiro atoms. The zero-order valence-electron chi connectivity index (χ0n) is 14.3. The van der Waals surface area contributed by atoms with Crippen molar-refractivity contribution in [2.45, 2.75) is 64.4 Å². The zero-order chi connectivity index (χ0) is 17.2. The summed E-state index contributed by atoms with van der Waals surface area (Å²) in [7, 11) is 0. The Morgan fingerprint density at radius 1 is 1.09 bits per heavy atom. The van der Waals surface area contributed by atoms with Crippen molar-refractivity contribution in [3.05, 3.63) is 36.5 Å². The molecule has 0 aromatic heterocycles. The first-order chi connectivity index (χ1) is 11.2. The maximum atomic E-state index is 10.3. The lowest BCUT2D eigenvalue weighted by atomic mass is 10.1. The summed E-state index contributed by atoms with van der Waals surface area (Å²) in [6.07, 6.45) is 18.9. The second-order valence-corrected chi connectivity index (χ2v) is 6.65. The van der Waals surface area contributed by atoms with Gasteiger partial charge in [0.2, 0.25) is 0 Å². The van der Waals surface area contributed by atoms with Crippen molar-refractivity contribution in [3.63, 3.8) is 0 Å². The summed E-state index contributed by atoms with van der Waals surface area (Å²) >= 11 is 1.87. The van der Waals surface area contributed by atoms with Gasteiger partial charge in [-0.2, -0.15) is 11.8 Å². The number of hydrogen-bond donors (Lipinski definition) is 2. The van der Waals surface area contributed by atoms with E-state index in [1.807, 2.05) is 30.0 Å². The normalized spacial score (nSPS) is 13.5. The van der Waals surface area contributed by atoms with Gasteiger partial charge < -0.3 is 10.2 Å². The first kappa shape index (κ1) is 22.0. The molecule has 0 radical (unpaired) electrons. The molecule has 0 aliphatic rings. The smallest absolute Gasteiger partial charge is 0.303 e. The fourth-order valence-corrected chi connectivity index (χ4v) is 2.65. The minimum absolute atomic E-state index is 0.255. The summed E-state index contributed by atoms with van der Waals surface area (Å²) < 4.78 is 0. The van der Waals surface area contributed by atoms with E-state index < -0.39 is 5.97 Å². The van der Waals surface area contributed by atoms with E-state index in [2.05, 4.69) is 25.2 Å². The summed E-state index contributed by atoms with van der Waals surface area (Å²) in [5.74, 6) is 1.33. The van der Waals surface area contributed by atoms with Crippen LogP contribution in [0.25, 0.3) is 0 Å². The average molecular weight is 341 g/mol. The van der Waals surface area contributed by atoms with Gasteiger partial charge in [0.1, 0.15) is 0 Å². The SMILES string of the molecule is CCCCCC(O)C=CC=CCSCCC=CCCCC(=O)O. The van der Waals surface area contributed by atoms with Crippen LogP contribution >= 0.6 is 11.8 Å². The van der Waals surface area contributed by atoms with Crippen molar-refractivity contribution >= 4 is 17.7 Å². The molecule has 0 saturated heterocycles. The molecular formula is C19H32O3S. The molecule has 0 aromatic rings. The highest BCUT2D eigenvalue weighted by Crippen LogP contribution is 2.06. The van der Waals surface area contributed by atoms with Crippen molar-refractivity contribution in [1.29, 1.82) is 0 Å². The van der Waals surface area contributed by atoms with Gasteiger partial charge in [-0.3, -0.25) is 4.79 Å². The van der Waals surface area contributed by atoms with Crippen LogP contribution in [0.2, 0.25) is 0 Å². The minimum atomic E-state index is -0.719. The van der Waals surface area contributed by atoms with E-state index in [4.69, 9.17) is 5.11 Å². The van der Waals surface area contributed by atoms with E-state index in [0.29, 0.717) is 0 Å². The van der Waals surface area contributed by atoms with Crippen molar-refractivity contribution < 1.29 is 15.0 Å². The Morgan fingerprint density at radius 2 is 1.87 bits per heavy atom. The topological polar surface area (TPSA) is 57.5 Å². The largest absolute Gasteiger partial charge is 0.481 e. The lowest BCUT2D eigenvalue weighted by Gasteiger charge is -2.03. The highest BCUT2D eigenvalue weighted by molar-refractivity contribution is 7.99. The summed E-state index contributed by atoms with van der Waals surface area (Å²) in [6, 6.07) is 0. The second kappa shape index (κ2) is 17.4. The molecule has 0 heterocycles. The fraction of sp³-hybridized carbons (Fsp3) is 0.632. The average Bonchev–Trinajstić information content (AvgIpc) is 2.51. The number of thioether (sulfide) groups is 1. The number of aliphatic carboxylic acids is 1. The van der Waals surface area contributed by atoms with E-state index >= 15 is 0 Å². The monoisotopic (exact) mass is 340 g/mol. The molecule has 23 heavy (non-hydrogen) atoms. The third kappa shape index (κ3) is 19.0. The first-order valence-electron chi connectivity index (χ1n) is 8.62. The highest BCUT2D eigenvalue weighted by Gasteiger charge is 1.96. The van der Waals surface area contributed by atoms with Gasteiger partial charge in [-0.25, -0.2) is 0 Å².